The van der Waals surface area contributed by atoms with Gasteiger partial charge >= 0.3 is 39.5 Å². The number of hydrogen-bond donors (Lipinski definition) is 3. The van der Waals surface area contributed by atoms with E-state index in [1.807, 2.05) is 0 Å². The lowest BCUT2D eigenvalue weighted by atomic mass is 10.0. The van der Waals surface area contributed by atoms with E-state index in [4.69, 9.17) is 37.0 Å². The average molecular weight is 1580 g/mol. The van der Waals surface area contributed by atoms with Crippen molar-refractivity contribution in [1.82, 2.24) is 0 Å². The Morgan fingerprint density at radius 3 is 0.630 bits per heavy atom. The van der Waals surface area contributed by atoms with Gasteiger partial charge in [-0.15, -0.1) is 0 Å². The van der Waals surface area contributed by atoms with Gasteiger partial charge in [-0.2, -0.15) is 0 Å². The molecule has 17 nitrogen and oxygen atoms in total. The Kier molecular flexibility index (Phi) is 78.8. The lowest BCUT2D eigenvalue weighted by Crippen LogP contribution is -2.30. The van der Waals surface area contributed by atoms with Crippen LogP contribution in [0.1, 0.15) is 478 Å². The zero-order valence-electron chi connectivity index (χ0n) is 71.2. The van der Waals surface area contributed by atoms with Crippen LogP contribution in [0, 0.1) is 11.8 Å². The first-order valence-electron chi connectivity index (χ1n) is 46.0. The van der Waals surface area contributed by atoms with Crippen molar-refractivity contribution >= 4 is 39.5 Å². The van der Waals surface area contributed by atoms with Gasteiger partial charge in [0.25, 0.3) is 0 Å². The first-order chi connectivity index (χ1) is 52.4. The summed E-state index contributed by atoms with van der Waals surface area (Å²) in [5.74, 6) is -0.560. The Balaban J connectivity index is 5.24. The van der Waals surface area contributed by atoms with Crippen molar-refractivity contribution in [1.29, 1.82) is 0 Å². The van der Waals surface area contributed by atoms with Crippen LogP contribution in [0.3, 0.4) is 0 Å². The van der Waals surface area contributed by atoms with Crippen molar-refractivity contribution in [2.24, 2.45) is 11.8 Å². The van der Waals surface area contributed by atoms with Crippen LogP contribution in [0.25, 0.3) is 0 Å². The lowest BCUT2D eigenvalue weighted by Gasteiger charge is -2.21. The fourth-order valence-corrected chi connectivity index (χ4v) is 15.5. The monoisotopic (exact) mass is 1580 g/mol. The predicted molar refractivity (Wildman–Crippen MR) is 446 cm³/mol. The lowest BCUT2D eigenvalue weighted by molar-refractivity contribution is -0.161. The fourth-order valence-electron chi connectivity index (χ4n) is 14.0. The van der Waals surface area contributed by atoms with E-state index in [-0.39, 0.29) is 25.7 Å². The molecule has 0 amide bonds. The van der Waals surface area contributed by atoms with E-state index in [9.17, 15) is 43.2 Å². The highest BCUT2D eigenvalue weighted by molar-refractivity contribution is 7.47. The molecule has 0 radical (unpaired) electrons. The third kappa shape index (κ3) is 82.1. The molecule has 19 heteroatoms. The molecule has 0 aromatic heterocycles. The molecule has 5 atom stereocenters. The quantitative estimate of drug-likeness (QED) is 0.0222. The van der Waals surface area contributed by atoms with Gasteiger partial charge in [0.1, 0.15) is 19.3 Å². The van der Waals surface area contributed by atoms with Crippen molar-refractivity contribution in [3.8, 4) is 0 Å². The van der Waals surface area contributed by atoms with E-state index >= 15 is 0 Å². The average Bonchev–Trinajstić information content (AvgIpc) is 0.904. The second-order valence-electron chi connectivity index (χ2n) is 32.9. The molecule has 0 saturated carbocycles. The maximum atomic E-state index is 13.2. The third-order valence-corrected chi connectivity index (χ3v) is 22.9. The molecule has 0 bridgehead atoms. The van der Waals surface area contributed by atoms with Crippen LogP contribution in [0.5, 0.6) is 0 Å². The molecule has 0 saturated heterocycles. The standard InChI is InChI=1S/C89H174O17P2/c1-7-9-11-13-15-17-19-21-23-25-27-28-30-36-40-44-48-56-62-68-73-88(93)105-84(77-99-86(91)71-65-59-53-46-42-38-34-32-31-33-37-41-45-51-57-63-69-81(3)4)79-103-107(95,96)101-75-83(90)76-102-108(97,98)104-80-85(78-100-87(92)72-66-60-54-50-49-52-58-64-70-82(5)6)106-89(94)74-67-61-55-47-43-39-35-29-26-24-22-20-18-16-14-12-10-8-2/h81-85,90H,7-80H2,1-6H3,(H,95,96)(H,97,98)/t83-,84-,85-/m1/s1. The number of carbonyl (C=O) groups excluding carboxylic acids is 4. The Morgan fingerprint density at radius 2 is 0.426 bits per heavy atom. The summed E-state index contributed by atoms with van der Waals surface area (Å²) < 4.78 is 69.0. The van der Waals surface area contributed by atoms with E-state index in [0.717, 1.165) is 102 Å². The topological polar surface area (TPSA) is 237 Å². The van der Waals surface area contributed by atoms with Crippen molar-refractivity contribution in [2.75, 3.05) is 39.6 Å². The van der Waals surface area contributed by atoms with E-state index in [1.165, 1.54) is 295 Å². The van der Waals surface area contributed by atoms with Gasteiger partial charge in [0.2, 0.25) is 0 Å². The fraction of sp³-hybridized carbons (Fsp3) is 0.955. The second-order valence-corrected chi connectivity index (χ2v) is 35.8. The summed E-state index contributed by atoms with van der Waals surface area (Å²) in [4.78, 5) is 73.3. The number of unbranched alkanes of at least 4 members (excludes halogenated alkanes) is 58. The number of rotatable bonds is 88. The highest BCUT2D eigenvalue weighted by atomic mass is 31.2. The Morgan fingerprint density at radius 1 is 0.250 bits per heavy atom. The number of aliphatic hydroxyl groups is 1. The Hall–Kier alpha value is -1.94. The summed E-state index contributed by atoms with van der Waals surface area (Å²) in [5.41, 5.74) is 0. The van der Waals surface area contributed by atoms with Crippen molar-refractivity contribution < 1.29 is 80.2 Å². The van der Waals surface area contributed by atoms with Gasteiger partial charge in [-0.1, -0.05) is 427 Å². The minimum Gasteiger partial charge on any atom is -0.462 e. The van der Waals surface area contributed by atoms with Crippen LogP contribution in [-0.2, 0) is 65.4 Å². The molecule has 0 aliphatic heterocycles. The molecule has 0 rings (SSSR count). The Labute approximate surface area is 664 Å². The van der Waals surface area contributed by atoms with E-state index < -0.39 is 97.5 Å². The van der Waals surface area contributed by atoms with E-state index in [0.29, 0.717) is 25.7 Å². The molecule has 642 valence electrons. The summed E-state index contributed by atoms with van der Waals surface area (Å²) in [6, 6.07) is 0. The zero-order chi connectivity index (χ0) is 79.2. The number of aliphatic hydroxyl groups excluding tert-OH is 1. The number of esters is 4. The summed E-state index contributed by atoms with van der Waals surface area (Å²) in [7, 11) is -9.93. The summed E-state index contributed by atoms with van der Waals surface area (Å²) in [6.45, 7) is 9.69. The maximum absolute atomic E-state index is 13.2. The summed E-state index contributed by atoms with van der Waals surface area (Å²) in [5, 5.41) is 10.7. The second kappa shape index (κ2) is 80.3. The number of hydrogen-bond acceptors (Lipinski definition) is 15. The van der Waals surface area contributed by atoms with Crippen molar-refractivity contribution in [2.45, 2.75) is 496 Å². The molecule has 0 aliphatic rings. The van der Waals surface area contributed by atoms with Crippen LogP contribution in [0.15, 0.2) is 0 Å². The van der Waals surface area contributed by atoms with Crippen LogP contribution < -0.4 is 0 Å². The highest BCUT2D eigenvalue weighted by Gasteiger charge is 2.31. The number of phosphoric acid groups is 2. The minimum absolute atomic E-state index is 0.108. The first-order valence-corrected chi connectivity index (χ1v) is 49.0. The molecule has 0 spiro atoms. The van der Waals surface area contributed by atoms with Gasteiger partial charge < -0.3 is 33.8 Å². The van der Waals surface area contributed by atoms with Crippen molar-refractivity contribution in [3.63, 3.8) is 0 Å². The van der Waals surface area contributed by atoms with E-state index in [2.05, 4.69) is 41.5 Å². The van der Waals surface area contributed by atoms with Crippen LogP contribution in [-0.4, -0.2) is 96.7 Å². The predicted octanol–water partition coefficient (Wildman–Crippen LogP) is 27.4. The molecule has 0 aromatic carbocycles. The largest absolute Gasteiger partial charge is 0.472 e. The number of phosphoric ester groups is 2. The van der Waals surface area contributed by atoms with Gasteiger partial charge in [0.05, 0.1) is 26.4 Å². The highest BCUT2D eigenvalue weighted by Crippen LogP contribution is 2.45. The van der Waals surface area contributed by atoms with Crippen LogP contribution in [0.4, 0.5) is 0 Å². The molecule has 0 aliphatic carbocycles. The molecule has 3 N–H and O–H groups in total. The van der Waals surface area contributed by atoms with Gasteiger partial charge in [-0.25, -0.2) is 9.13 Å². The van der Waals surface area contributed by atoms with Crippen LogP contribution in [0.2, 0.25) is 0 Å². The zero-order valence-corrected chi connectivity index (χ0v) is 73.0. The molecule has 0 aromatic rings. The minimum atomic E-state index is -4.97. The van der Waals surface area contributed by atoms with Gasteiger partial charge in [-0.05, 0) is 37.5 Å². The Bertz CT molecular complexity index is 2060. The number of ether oxygens (including phenoxy) is 4. The molecule has 0 fully saturated rings. The van der Waals surface area contributed by atoms with E-state index in [1.54, 1.807) is 0 Å². The van der Waals surface area contributed by atoms with Gasteiger partial charge in [0.15, 0.2) is 12.2 Å². The van der Waals surface area contributed by atoms with Gasteiger partial charge in [0, 0.05) is 25.7 Å². The molecular formula is C89H174O17P2. The maximum Gasteiger partial charge on any atom is 0.472 e. The summed E-state index contributed by atoms with van der Waals surface area (Å²) in [6.07, 6.45) is 73.7. The smallest absolute Gasteiger partial charge is 0.462 e. The first kappa shape index (κ1) is 106. The summed E-state index contributed by atoms with van der Waals surface area (Å²) >= 11 is 0. The molecule has 0 heterocycles. The molecule has 108 heavy (non-hydrogen) atoms. The number of carbonyl (C=O) groups is 4. The molecule has 2 unspecified atom stereocenters. The van der Waals surface area contributed by atoms with Crippen LogP contribution >= 0.6 is 15.6 Å². The van der Waals surface area contributed by atoms with Gasteiger partial charge in [-0.3, -0.25) is 37.3 Å². The SMILES string of the molecule is CCCCCCCCCCCCCCCCCCCCCCC(=O)O[C@H](COC(=O)CCCCCCCCCCCCCCCCCCC(C)C)COP(=O)(O)OC[C@@H](O)COP(=O)(O)OC[C@@H](COC(=O)CCCCCCCCCCC(C)C)OC(=O)CCCCCCCCCCCCCCCCCCCC. The normalized spacial score (nSPS) is 13.8. The third-order valence-electron chi connectivity index (χ3n) is 21.0. The van der Waals surface area contributed by atoms with Crippen molar-refractivity contribution in [3.05, 3.63) is 0 Å². The molecular weight excluding hydrogens is 1400 g/mol.